The minimum atomic E-state index is -5.27. The van der Waals surface area contributed by atoms with Gasteiger partial charge in [-0.2, -0.15) is 26.3 Å². The van der Waals surface area contributed by atoms with Gasteiger partial charge in [0.1, 0.15) is 11.9 Å². The molecule has 0 unspecified atom stereocenters. The lowest BCUT2D eigenvalue weighted by molar-refractivity contribution is -0.175. The predicted octanol–water partition coefficient (Wildman–Crippen LogP) is 4.31. The molecule has 0 spiro atoms. The molecule has 1 aromatic carbocycles. The van der Waals surface area contributed by atoms with Crippen LogP contribution in [0.25, 0.3) is 5.52 Å². The first-order valence-electron chi connectivity index (χ1n) is 12.8. The maximum absolute atomic E-state index is 14.3. The van der Waals surface area contributed by atoms with Gasteiger partial charge in [0.2, 0.25) is 5.91 Å². The van der Waals surface area contributed by atoms with Crippen LogP contribution in [0.15, 0.2) is 49.1 Å². The van der Waals surface area contributed by atoms with Crippen LogP contribution in [-0.2, 0) is 15.8 Å². The third-order valence-electron chi connectivity index (χ3n) is 7.08. The number of hydrogen-bond donors (Lipinski definition) is 2. The third kappa shape index (κ3) is 6.65. The number of aromatic nitrogens is 2. The zero-order chi connectivity index (χ0) is 31.0. The zero-order valence-corrected chi connectivity index (χ0v) is 22.3. The Morgan fingerprint density at radius 1 is 1.07 bits per heavy atom. The van der Waals surface area contributed by atoms with Gasteiger partial charge >= 0.3 is 18.3 Å². The van der Waals surface area contributed by atoms with Crippen molar-refractivity contribution in [2.45, 2.75) is 50.6 Å². The average molecular weight is 602 g/mol. The van der Waals surface area contributed by atoms with Gasteiger partial charge < -0.3 is 19.9 Å². The Morgan fingerprint density at radius 2 is 1.79 bits per heavy atom. The number of piperidine rings is 1. The van der Waals surface area contributed by atoms with E-state index in [1.807, 2.05) is 0 Å². The molecule has 0 saturated carbocycles. The molecule has 0 aliphatic carbocycles. The van der Waals surface area contributed by atoms with Gasteiger partial charge in [-0.25, -0.2) is 9.37 Å². The minimum absolute atomic E-state index is 0.0128. The van der Waals surface area contributed by atoms with Crippen LogP contribution in [-0.4, -0.2) is 63.4 Å². The second-order valence-corrected chi connectivity index (χ2v) is 10.3. The molecule has 4 rings (SSSR count). The molecule has 2 aromatic heterocycles. The number of nitrogens with one attached hydrogen (secondary N) is 2. The van der Waals surface area contributed by atoms with E-state index in [9.17, 15) is 45.1 Å². The summed E-state index contributed by atoms with van der Waals surface area (Å²) in [6.45, 7) is 2.54. The Hall–Kier alpha value is -4.17. The smallest absolute Gasteiger partial charge is 0.349 e. The van der Waals surface area contributed by atoms with Gasteiger partial charge in [-0.05, 0) is 48.2 Å². The van der Waals surface area contributed by atoms with Crippen LogP contribution in [0.3, 0.4) is 0 Å². The second kappa shape index (κ2) is 11.6. The summed E-state index contributed by atoms with van der Waals surface area (Å²) in [6.07, 6.45) is -5.56. The number of nitrogens with zero attached hydrogens (tertiary/aromatic N) is 3. The van der Waals surface area contributed by atoms with Gasteiger partial charge in [0.05, 0.1) is 35.2 Å². The van der Waals surface area contributed by atoms with Gasteiger partial charge in [-0.1, -0.05) is 13.8 Å². The van der Waals surface area contributed by atoms with Crippen LogP contribution in [0.4, 0.5) is 30.7 Å². The molecule has 1 fully saturated rings. The summed E-state index contributed by atoms with van der Waals surface area (Å²) in [5, 5.41) is 4.16. The summed E-state index contributed by atoms with van der Waals surface area (Å²) in [5.74, 6) is -6.82. The Balaban J connectivity index is 1.67. The molecule has 0 radical (unpaired) electrons. The van der Waals surface area contributed by atoms with E-state index in [2.05, 4.69) is 10.3 Å². The van der Waals surface area contributed by atoms with E-state index in [-0.39, 0.29) is 30.6 Å². The van der Waals surface area contributed by atoms with E-state index in [1.54, 1.807) is 28.0 Å². The Labute approximate surface area is 234 Å². The van der Waals surface area contributed by atoms with E-state index < -0.39 is 65.4 Å². The number of likely N-dealkylation sites (tertiary alicyclic amines) is 1. The number of hydrogen-bond acceptors (Lipinski definition) is 4. The highest BCUT2D eigenvalue weighted by molar-refractivity contribution is 6.00. The standard InChI is InChI=1S/C27H26F7N5O3/c1-14(2)22(37-25(42)27(32,33)34)23(40)36-20-12-38(24(41)19-4-3-6-39-13-35-11-21(19)39)7-5-18(20)15-8-16(26(29,30)31)10-17(28)9-15/h3-4,6,8-11,13-14,18,20,22H,5,7,12H2,1-2H3,(H,36,40)(H,37,42)/t18-,20+,22+/m0/s1. The second-order valence-electron chi connectivity index (χ2n) is 10.3. The van der Waals surface area contributed by atoms with Crippen LogP contribution in [0.5, 0.6) is 0 Å². The van der Waals surface area contributed by atoms with E-state index in [4.69, 9.17) is 0 Å². The number of pyridine rings is 1. The molecule has 3 heterocycles. The SMILES string of the molecule is CC(C)[C@@H](NC(=O)C(F)(F)F)C(=O)N[C@@H]1CN(C(=O)c2cccn3cncc23)CC[C@H]1c1cc(F)cc(C(F)(F)F)c1. The molecule has 3 amide bonds. The largest absolute Gasteiger partial charge is 0.471 e. The van der Waals surface area contributed by atoms with Crippen LogP contribution in [0.2, 0.25) is 0 Å². The maximum Gasteiger partial charge on any atom is 0.471 e. The third-order valence-corrected chi connectivity index (χ3v) is 7.08. The van der Waals surface area contributed by atoms with Crippen molar-refractivity contribution in [1.29, 1.82) is 0 Å². The predicted molar refractivity (Wildman–Crippen MR) is 135 cm³/mol. The number of carbonyl (C=O) groups is 3. The normalized spacial score (nSPS) is 18.7. The molecule has 42 heavy (non-hydrogen) atoms. The van der Waals surface area contributed by atoms with Gasteiger partial charge in [0, 0.05) is 25.2 Å². The molecule has 226 valence electrons. The quantitative estimate of drug-likeness (QED) is 0.412. The number of imidazole rings is 1. The highest BCUT2D eigenvalue weighted by Crippen LogP contribution is 2.36. The number of alkyl halides is 6. The topological polar surface area (TPSA) is 95.8 Å². The van der Waals surface area contributed by atoms with Gasteiger partial charge in [-0.3, -0.25) is 14.4 Å². The van der Waals surface area contributed by atoms with E-state index in [0.29, 0.717) is 11.6 Å². The number of fused-ring (bicyclic) bond motifs is 1. The van der Waals surface area contributed by atoms with E-state index in [1.165, 1.54) is 31.3 Å². The molecular formula is C27H26F7N5O3. The van der Waals surface area contributed by atoms with Crippen LogP contribution >= 0.6 is 0 Å². The molecule has 8 nitrogen and oxygen atoms in total. The fourth-order valence-electron chi connectivity index (χ4n) is 5.00. The zero-order valence-electron chi connectivity index (χ0n) is 22.3. The van der Waals surface area contributed by atoms with Gasteiger partial charge in [0.15, 0.2) is 0 Å². The molecule has 1 aliphatic heterocycles. The van der Waals surface area contributed by atoms with Crippen molar-refractivity contribution in [1.82, 2.24) is 24.9 Å². The molecule has 3 aromatic rings. The summed E-state index contributed by atoms with van der Waals surface area (Å²) >= 11 is 0. The van der Waals surface area contributed by atoms with Crippen molar-refractivity contribution in [3.05, 3.63) is 71.6 Å². The van der Waals surface area contributed by atoms with Crippen LogP contribution < -0.4 is 10.6 Å². The van der Waals surface area contributed by atoms with Gasteiger partial charge in [-0.15, -0.1) is 0 Å². The molecule has 3 atom stereocenters. The lowest BCUT2D eigenvalue weighted by Crippen LogP contribution is -2.59. The van der Waals surface area contributed by atoms with Crippen molar-refractivity contribution in [3.63, 3.8) is 0 Å². The molecule has 2 N–H and O–H groups in total. The number of rotatable bonds is 6. The highest BCUT2D eigenvalue weighted by atomic mass is 19.4. The Kier molecular flexibility index (Phi) is 8.51. The van der Waals surface area contributed by atoms with Crippen molar-refractivity contribution >= 4 is 23.2 Å². The van der Waals surface area contributed by atoms with Crippen molar-refractivity contribution < 1.29 is 45.1 Å². The lowest BCUT2D eigenvalue weighted by atomic mass is 9.83. The van der Waals surface area contributed by atoms with E-state index >= 15 is 0 Å². The maximum atomic E-state index is 14.3. The first kappa shape index (κ1) is 30.8. The van der Waals surface area contributed by atoms with Gasteiger partial charge in [0.25, 0.3) is 5.91 Å². The fraction of sp³-hybridized carbons (Fsp3) is 0.407. The lowest BCUT2D eigenvalue weighted by Gasteiger charge is -2.40. The average Bonchev–Trinajstić information content (AvgIpc) is 3.38. The molecular weight excluding hydrogens is 575 g/mol. The number of halogens is 7. The minimum Gasteiger partial charge on any atom is -0.349 e. The molecule has 0 bridgehead atoms. The summed E-state index contributed by atoms with van der Waals surface area (Å²) in [5.41, 5.74) is -0.648. The summed E-state index contributed by atoms with van der Waals surface area (Å²) in [6, 6.07) is 2.29. The summed E-state index contributed by atoms with van der Waals surface area (Å²) < 4.78 is 95.1. The van der Waals surface area contributed by atoms with Crippen molar-refractivity contribution in [2.75, 3.05) is 13.1 Å². The summed E-state index contributed by atoms with van der Waals surface area (Å²) in [4.78, 5) is 43.6. The monoisotopic (exact) mass is 601 g/mol. The van der Waals surface area contributed by atoms with Crippen LogP contribution in [0.1, 0.15) is 47.7 Å². The Morgan fingerprint density at radius 3 is 2.43 bits per heavy atom. The number of amides is 3. The van der Waals surface area contributed by atoms with Crippen molar-refractivity contribution in [3.8, 4) is 0 Å². The number of benzene rings is 1. The first-order valence-corrected chi connectivity index (χ1v) is 12.8. The highest BCUT2D eigenvalue weighted by Gasteiger charge is 2.43. The summed E-state index contributed by atoms with van der Waals surface area (Å²) in [7, 11) is 0. The Bertz CT molecular complexity index is 1480. The molecule has 15 heteroatoms. The molecule has 1 saturated heterocycles. The fourth-order valence-corrected chi connectivity index (χ4v) is 5.00. The van der Waals surface area contributed by atoms with Crippen molar-refractivity contribution in [2.24, 2.45) is 5.92 Å². The van der Waals surface area contributed by atoms with Crippen LogP contribution in [0, 0.1) is 11.7 Å². The first-order chi connectivity index (χ1) is 19.6. The number of carbonyl (C=O) groups excluding carboxylic acids is 3. The van der Waals surface area contributed by atoms with E-state index in [0.717, 1.165) is 12.1 Å². The molecule has 1 aliphatic rings.